The molecule has 2 bridgehead atoms. The molecule has 3 fully saturated rings. The van der Waals surface area contributed by atoms with Crippen LogP contribution in [0.25, 0.3) is 0 Å². The molecule has 1 N–H and O–H groups in total. The number of hydrogen-bond acceptors (Lipinski definition) is 4. The van der Waals surface area contributed by atoms with Crippen molar-refractivity contribution >= 4 is 24.0 Å². The minimum absolute atomic E-state index is 0.263. The van der Waals surface area contributed by atoms with Crippen LogP contribution in [0.1, 0.15) is 51.5 Å². The Labute approximate surface area is 204 Å². The van der Waals surface area contributed by atoms with Crippen molar-refractivity contribution in [1.29, 1.82) is 0 Å². The molecule has 1 aromatic rings. The van der Waals surface area contributed by atoms with Gasteiger partial charge in [0, 0.05) is 11.5 Å². The van der Waals surface area contributed by atoms with Crippen molar-refractivity contribution in [2.75, 3.05) is 6.61 Å². The summed E-state index contributed by atoms with van der Waals surface area (Å²) in [6.45, 7) is 22.6. The molecule has 6 atom stereocenters. The van der Waals surface area contributed by atoms with Gasteiger partial charge >= 0.3 is 0 Å². The van der Waals surface area contributed by atoms with Crippen LogP contribution in [0.5, 0.6) is 5.75 Å². The minimum Gasteiger partial charge on any atom is -0.493 e. The van der Waals surface area contributed by atoms with Gasteiger partial charge in [-0.1, -0.05) is 71.3 Å². The molecule has 33 heavy (non-hydrogen) atoms. The fourth-order valence-corrected chi connectivity index (χ4v) is 18.3. The van der Waals surface area contributed by atoms with E-state index >= 15 is 0 Å². The first kappa shape index (κ1) is 25.5. The van der Waals surface area contributed by atoms with Crippen LogP contribution in [-0.4, -0.2) is 57.5 Å². The molecule has 184 valence electrons. The molecule has 0 aromatic heterocycles. The fraction of sp³-hybridized carbons (Fsp3) is 0.769. The van der Waals surface area contributed by atoms with Crippen molar-refractivity contribution in [3.8, 4) is 5.75 Å². The maximum atomic E-state index is 11.1. The lowest BCUT2D eigenvalue weighted by Gasteiger charge is -2.66. The molecule has 0 amide bonds. The van der Waals surface area contributed by atoms with Crippen LogP contribution >= 0.6 is 0 Å². The Morgan fingerprint density at radius 1 is 1.09 bits per heavy atom. The molecule has 0 spiro atoms. The molecule has 1 unspecified atom stereocenters. The number of aliphatic hydroxyl groups is 1. The highest BCUT2D eigenvalue weighted by Gasteiger charge is 2.63. The second-order valence-electron chi connectivity index (χ2n) is 13.7. The second kappa shape index (κ2) is 8.51. The molecule has 7 heteroatoms. The lowest BCUT2D eigenvalue weighted by Crippen LogP contribution is -2.69. The second-order valence-corrected chi connectivity index (χ2v) is 23.8. The Hall–Kier alpha value is -0.601. The van der Waals surface area contributed by atoms with Gasteiger partial charge in [-0.25, -0.2) is 0 Å². The van der Waals surface area contributed by atoms with Gasteiger partial charge in [0.1, 0.15) is 22.2 Å². The quantitative estimate of drug-likeness (QED) is 0.499. The van der Waals surface area contributed by atoms with E-state index in [0.717, 1.165) is 25.2 Å². The van der Waals surface area contributed by atoms with E-state index in [4.69, 9.17) is 9.39 Å². The summed E-state index contributed by atoms with van der Waals surface area (Å²) in [5.74, 6) is 2.86. The monoisotopic (exact) mass is 487 g/mol. The van der Waals surface area contributed by atoms with Gasteiger partial charge < -0.3 is 18.7 Å². The van der Waals surface area contributed by atoms with Crippen LogP contribution in [0.15, 0.2) is 24.3 Å². The number of benzene rings is 1. The first-order valence-electron chi connectivity index (χ1n) is 13.0. The Kier molecular flexibility index (Phi) is 6.57. The predicted octanol–water partition coefficient (Wildman–Crippen LogP) is 5.40. The van der Waals surface area contributed by atoms with Gasteiger partial charge in [0.05, 0.1) is 18.3 Å². The maximum Gasteiger partial charge on any atom is 0.291 e. The molecule has 4 aliphatic rings. The predicted molar refractivity (Wildman–Crippen MR) is 144 cm³/mol. The Morgan fingerprint density at radius 3 is 2.33 bits per heavy atom. The summed E-state index contributed by atoms with van der Waals surface area (Å²) in [5.41, 5.74) is 1.16. The molecule has 4 nitrogen and oxygen atoms in total. The van der Waals surface area contributed by atoms with Crippen molar-refractivity contribution in [2.24, 2.45) is 17.3 Å². The molecular formula is C26H46BNO3Si2. The van der Waals surface area contributed by atoms with Crippen molar-refractivity contribution in [2.45, 2.75) is 103 Å². The van der Waals surface area contributed by atoms with Crippen LogP contribution in [0.3, 0.4) is 0 Å². The van der Waals surface area contributed by atoms with E-state index in [1.807, 2.05) is 0 Å². The minimum atomic E-state index is -1.60. The SMILES string of the molecule is CC1(C)[C@@H]2C[C@@H](O)[C@@](C)(OB[C@H](CC3COc4ccccc43)N([Si](C)(C)C)[Si](C)(C)C)[C@H]1C2. The zero-order valence-electron chi connectivity index (χ0n) is 22.4. The molecule has 3 aliphatic carbocycles. The third-order valence-corrected chi connectivity index (χ3v) is 16.7. The van der Waals surface area contributed by atoms with Crippen molar-refractivity contribution < 1.29 is 14.5 Å². The summed E-state index contributed by atoms with van der Waals surface area (Å²) < 4.78 is 15.9. The first-order valence-corrected chi connectivity index (χ1v) is 19.9. The standard InChI is InChI=1S/C26H46BNO3Si2/c1-25(2)19-15-22(25)26(3,23(29)16-19)31-27-24(28(32(4,5)6)33(7,8)9)14-18-17-30-21-13-11-10-12-20(18)21/h10-13,18-19,22-24,27,29H,14-17H2,1-9H3/t18?,19-,22-,23+,24-,26-/m0/s1. The number of aliphatic hydroxyl groups excluding tert-OH is 1. The van der Waals surface area contributed by atoms with E-state index < -0.39 is 22.1 Å². The summed E-state index contributed by atoms with van der Waals surface area (Å²) in [6.07, 6.45) is 2.76. The van der Waals surface area contributed by atoms with Crippen LogP contribution in [-0.2, 0) is 4.65 Å². The molecule has 1 aromatic carbocycles. The lowest BCUT2D eigenvalue weighted by atomic mass is 9.43. The third kappa shape index (κ3) is 4.53. The lowest BCUT2D eigenvalue weighted by molar-refractivity contribution is -0.234. The number of ether oxygens (including phenoxy) is 1. The van der Waals surface area contributed by atoms with Gasteiger partial charge in [0.2, 0.25) is 0 Å². The number of para-hydroxylation sites is 1. The zero-order valence-corrected chi connectivity index (χ0v) is 24.4. The average molecular weight is 488 g/mol. The van der Waals surface area contributed by atoms with Crippen molar-refractivity contribution in [3.63, 3.8) is 0 Å². The molecule has 1 aliphatic heterocycles. The smallest absolute Gasteiger partial charge is 0.291 e. The summed E-state index contributed by atoms with van der Waals surface area (Å²) in [5, 5.41) is 11.1. The van der Waals surface area contributed by atoms with E-state index in [9.17, 15) is 5.11 Å². The Bertz CT molecular complexity index is 854. The van der Waals surface area contributed by atoms with E-state index in [0.29, 0.717) is 31.2 Å². The van der Waals surface area contributed by atoms with Gasteiger partial charge in [-0.2, -0.15) is 0 Å². The molecule has 5 rings (SSSR count). The van der Waals surface area contributed by atoms with Crippen LogP contribution in [0, 0.1) is 17.3 Å². The Morgan fingerprint density at radius 2 is 1.73 bits per heavy atom. The molecule has 0 saturated heterocycles. The topological polar surface area (TPSA) is 41.9 Å². The van der Waals surface area contributed by atoms with Crippen LogP contribution < -0.4 is 4.74 Å². The van der Waals surface area contributed by atoms with Crippen LogP contribution in [0.2, 0.25) is 39.3 Å². The third-order valence-electron chi connectivity index (χ3n) is 9.08. The molecule has 1 heterocycles. The molecular weight excluding hydrogens is 441 g/mol. The van der Waals surface area contributed by atoms with Gasteiger partial charge in [-0.3, -0.25) is 0 Å². The Balaban J connectivity index is 1.60. The largest absolute Gasteiger partial charge is 0.493 e. The number of rotatable bonds is 8. The highest BCUT2D eigenvalue weighted by molar-refractivity contribution is 6.90. The fourth-order valence-electron chi connectivity index (χ4n) is 7.70. The van der Waals surface area contributed by atoms with E-state index in [2.05, 4.69) is 88.5 Å². The summed E-state index contributed by atoms with van der Waals surface area (Å²) in [6, 6.07) is 8.54. The van der Waals surface area contributed by atoms with Gasteiger partial charge in [-0.15, -0.1) is 0 Å². The maximum absolute atomic E-state index is 11.1. The van der Waals surface area contributed by atoms with E-state index in [-0.39, 0.29) is 11.5 Å². The van der Waals surface area contributed by atoms with Gasteiger partial charge in [-0.05, 0) is 55.4 Å². The first-order chi connectivity index (χ1) is 15.2. The highest BCUT2D eigenvalue weighted by atomic mass is 28.4. The highest BCUT2D eigenvalue weighted by Crippen LogP contribution is 2.63. The summed E-state index contributed by atoms with van der Waals surface area (Å²) in [7, 11) is -2.51. The van der Waals surface area contributed by atoms with E-state index in [1.165, 1.54) is 12.0 Å². The average Bonchev–Trinajstić information content (AvgIpc) is 3.09. The van der Waals surface area contributed by atoms with Crippen molar-refractivity contribution in [1.82, 2.24) is 4.23 Å². The van der Waals surface area contributed by atoms with Gasteiger partial charge in [0.15, 0.2) is 0 Å². The summed E-state index contributed by atoms with van der Waals surface area (Å²) >= 11 is 0. The van der Waals surface area contributed by atoms with E-state index in [1.54, 1.807) is 0 Å². The zero-order chi connectivity index (χ0) is 24.4. The molecule has 0 radical (unpaired) electrons. The van der Waals surface area contributed by atoms with Crippen LogP contribution in [0.4, 0.5) is 0 Å². The normalized spacial score (nSPS) is 33.8. The summed E-state index contributed by atoms with van der Waals surface area (Å²) in [4.78, 5) is 0. The number of nitrogens with zero attached hydrogens (tertiary/aromatic N) is 1. The van der Waals surface area contributed by atoms with Crippen molar-refractivity contribution in [3.05, 3.63) is 29.8 Å². The number of fused-ring (bicyclic) bond motifs is 3. The van der Waals surface area contributed by atoms with Gasteiger partial charge in [0.25, 0.3) is 7.48 Å². The molecule has 3 saturated carbocycles. The number of hydrogen-bond donors (Lipinski definition) is 1.